The highest BCUT2D eigenvalue weighted by molar-refractivity contribution is 7.10. The molecular formula is C13H15NS. The summed E-state index contributed by atoms with van der Waals surface area (Å²) in [6.07, 6.45) is 5.59. The summed E-state index contributed by atoms with van der Waals surface area (Å²) in [5.74, 6) is 0. The van der Waals surface area contributed by atoms with Gasteiger partial charge < -0.3 is 0 Å². The van der Waals surface area contributed by atoms with E-state index in [0.29, 0.717) is 0 Å². The first-order chi connectivity index (χ1) is 7.40. The summed E-state index contributed by atoms with van der Waals surface area (Å²) < 4.78 is 0. The average molecular weight is 217 g/mol. The van der Waals surface area contributed by atoms with Gasteiger partial charge in [0.1, 0.15) is 0 Å². The summed E-state index contributed by atoms with van der Waals surface area (Å²) in [6.45, 7) is 2.23. The maximum absolute atomic E-state index is 4.35. The monoisotopic (exact) mass is 217 g/mol. The van der Waals surface area contributed by atoms with Crippen molar-refractivity contribution >= 4 is 11.3 Å². The fourth-order valence-electron chi connectivity index (χ4n) is 1.53. The second-order valence-electron chi connectivity index (χ2n) is 3.62. The fraction of sp³-hybridized carbons (Fsp3) is 0.308. The van der Waals surface area contributed by atoms with E-state index < -0.39 is 0 Å². The lowest BCUT2D eigenvalue weighted by Gasteiger charge is -1.94. The maximum atomic E-state index is 4.35. The molecule has 0 fully saturated rings. The Kier molecular flexibility index (Phi) is 3.51. The molecule has 0 amide bonds. The molecule has 0 radical (unpaired) electrons. The average Bonchev–Trinajstić information content (AvgIpc) is 2.76. The van der Waals surface area contributed by atoms with Crippen molar-refractivity contribution in [3.63, 3.8) is 0 Å². The van der Waals surface area contributed by atoms with Gasteiger partial charge in [-0.2, -0.15) is 0 Å². The summed E-state index contributed by atoms with van der Waals surface area (Å²) in [5, 5.41) is 2.20. The summed E-state index contributed by atoms with van der Waals surface area (Å²) >= 11 is 1.84. The Balaban J connectivity index is 2.14. The van der Waals surface area contributed by atoms with E-state index in [1.807, 2.05) is 29.7 Å². The van der Waals surface area contributed by atoms with Crippen LogP contribution in [0.3, 0.4) is 0 Å². The molecule has 0 aliphatic rings. The number of hydrogen-bond acceptors (Lipinski definition) is 2. The second-order valence-corrected chi connectivity index (χ2v) is 4.62. The Morgan fingerprint density at radius 3 is 3.00 bits per heavy atom. The minimum atomic E-state index is 1.08. The third-order valence-corrected chi connectivity index (χ3v) is 3.39. The third-order valence-electron chi connectivity index (χ3n) is 2.39. The van der Waals surface area contributed by atoms with E-state index in [9.17, 15) is 0 Å². The Hall–Kier alpha value is -1.15. The molecule has 78 valence electrons. The second kappa shape index (κ2) is 5.08. The fourth-order valence-corrected chi connectivity index (χ4v) is 2.45. The third kappa shape index (κ3) is 2.66. The lowest BCUT2D eigenvalue weighted by Crippen LogP contribution is -1.79. The van der Waals surface area contributed by atoms with Crippen LogP contribution in [0.2, 0.25) is 0 Å². The molecule has 2 aromatic rings. The van der Waals surface area contributed by atoms with Crippen LogP contribution in [0.25, 0.3) is 11.3 Å². The zero-order valence-corrected chi connectivity index (χ0v) is 9.76. The van der Waals surface area contributed by atoms with Crippen LogP contribution in [0, 0.1) is 0 Å². The van der Waals surface area contributed by atoms with Crippen molar-refractivity contribution < 1.29 is 0 Å². The normalized spacial score (nSPS) is 10.5. The van der Waals surface area contributed by atoms with Gasteiger partial charge in [0.15, 0.2) is 0 Å². The molecule has 0 unspecified atom stereocenters. The summed E-state index contributed by atoms with van der Waals surface area (Å²) in [4.78, 5) is 5.82. The number of aromatic nitrogens is 1. The predicted octanol–water partition coefficient (Wildman–Crippen LogP) is 4.15. The molecule has 2 heterocycles. The van der Waals surface area contributed by atoms with Crippen LogP contribution < -0.4 is 0 Å². The number of rotatable bonds is 4. The van der Waals surface area contributed by atoms with E-state index in [1.165, 1.54) is 29.7 Å². The van der Waals surface area contributed by atoms with Gasteiger partial charge in [-0.25, -0.2) is 0 Å². The summed E-state index contributed by atoms with van der Waals surface area (Å²) in [7, 11) is 0. The molecule has 2 heteroatoms. The number of hydrogen-bond donors (Lipinski definition) is 0. The highest BCUT2D eigenvalue weighted by Gasteiger charge is 2.02. The van der Waals surface area contributed by atoms with Crippen LogP contribution in [-0.4, -0.2) is 4.98 Å². The molecule has 0 saturated heterocycles. The van der Waals surface area contributed by atoms with Crippen molar-refractivity contribution in [2.45, 2.75) is 26.2 Å². The highest BCUT2D eigenvalue weighted by atomic mass is 32.1. The number of nitrogens with zero attached hydrogens (tertiary/aromatic N) is 1. The van der Waals surface area contributed by atoms with Gasteiger partial charge in [-0.05, 0) is 31.0 Å². The largest absolute Gasteiger partial charge is 0.256 e. The predicted molar refractivity (Wildman–Crippen MR) is 66.2 cm³/mol. The smallest absolute Gasteiger partial charge is 0.0710 e. The molecular weight excluding hydrogens is 202 g/mol. The lowest BCUT2D eigenvalue weighted by molar-refractivity contribution is 0.804. The highest BCUT2D eigenvalue weighted by Crippen LogP contribution is 2.24. The van der Waals surface area contributed by atoms with Crippen LogP contribution in [0.4, 0.5) is 0 Å². The van der Waals surface area contributed by atoms with Crippen LogP contribution in [0.15, 0.2) is 35.8 Å². The van der Waals surface area contributed by atoms with Crippen LogP contribution in [0.1, 0.15) is 24.6 Å². The number of pyridine rings is 1. The Morgan fingerprint density at radius 1 is 1.33 bits per heavy atom. The van der Waals surface area contributed by atoms with E-state index in [-0.39, 0.29) is 0 Å². The Morgan fingerprint density at radius 2 is 2.27 bits per heavy atom. The van der Waals surface area contributed by atoms with Crippen LogP contribution >= 0.6 is 11.3 Å². The van der Waals surface area contributed by atoms with Crippen molar-refractivity contribution in [3.8, 4) is 11.3 Å². The molecule has 0 spiro atoms. The molecule has 0 atom stereocenters. The van der Waals surface area contributed by atoms with Crippen LogP contribution in [-0.2, 0) is 6.42 Å². The van der Waals surface area contributed by atoms with Crippen LogP contribution in [0.5, 0.6) is 0 Å². The van der Waals surface area contributed by atoms with Gasteiger partial charge in [-0.3, -0.25) is 4.98 Å². The molecule has 1 nitrogen and oxygen atoms in total. The van der Waals surface area contributed by atoms with Gasteiger partial charge in [0.05, 0.1) is 5.69 Å². The Labute approximate surface area is 94.8 Å². The van der Waals surface area contributed by atoms with Gasteiger partial charge in [-0.15, -0.1) is 11.3 Å². The molecule has 0 saturated carbocycles. The van der Waals surface area contributed by atoms with Gasteiger partial charge in [-0.1, -0.05) is 19.4 Å². The van der Waals surface area contributed by atoms with Gasteiger partial charge in [0.25, 0.3) is 0 Å². The first-order valence-corrected chi connectivity index (χ1v) is 6.27. The molecule has 2 aromatic heterocycles. The topological polar surface area (TPSA) is 12.9 Å². The van der Waals surface area contributed by atoms with Gasteiger partial charge in [0.2, 0.25) is 0 Å². The number of thiophene rings is 1. The molecule has 2 rings (SSSR count). The number of aryl methyl sites for hydroxylation is 1. The molecule has 0 aromatic carbocycles. The molecule has 15 heavy (non-hydrogen) atoms. The molecule has 0 bridgehead atoms. The minimum absolute atomic E-state index is 1.08. The standard InChI is InChI=1S/C13H15NS/c1-2-3-6-12-9-11(10-15-12)13-7-4-5-8-14-13/h4-5,7-10H,2-3,6H2,1H3. The first kappa shape index (κ1) is 10.4. The quantitative estimate of drug-likeness (QED) is 0.749. The van der Waals surface area contributed by atoms with E-state index in [4.69, 9.17) is 0 Å². The van der Waals surface area contributed by atoms with E-state index in [0.717, 1.165) is 5.69 Å². The van der Waals surface area contributed by atoms with Crippen molar-refractivity contribution in [1.29, 1.82) is 0 Å². The minimum Gasteiger partial charge on any atom is -0.256 e. The SMILES string of the molecule is CCCCc1cc(-c2ccccn2)cs1. The van der Waals surface area contributed by atoms with Crippen molar-refractivity contribution in [2.24, 2.45) is 0 Å². The zero-order valence-electron chi connectivity index (χ0n) is 8.94. The first-order valence-electron chi connectivity index (χ1n) is 5.39. The van der Waals surface area contributed by atoms with E-state index >= 15 is 0 Å². The van der Waals surface area contributed by atoms with Gasteiger partial charge in [0, 0.05) is 22.0 Å². The Bertz CT molecular complexity index is 405. The molecule has 0 aliphatic carbocycles. The van der Waals surface area contributed by atoms with Crippen molar-refractivity contribution in [1.82, 2.24) is 4.98 Å². The van der Waals surface area contributed by atoms with E-state index in [1.54, 1.807) is 0 Å². The lowest BCUT2D eigenvalue weighted by atomic mass is 10.1. The van der Waals surface area contributed by atoms with E-state index in [2.05, 4.69) is 29.4 Å². The summed E-state index contributed by atoms with van der Waals surface area (Å²) in [5.41, 5.74) is 2.34. The summed E-state index contributed by atoms with van der Waals surface area (Å²) in [6, 6.07) is 8.31. The van der Waals surface area contributed by atoms with Gasteiger partial charge >= 0.3 is 0 Å². The van der Waals surface area contributed by atoms with Crippen molar-refractivity contribution in [3.05, 3.63) is 40.7 Å². The molecule has 0 aliphatic heterocycles. The number of unbranched alkanes of at least 4 members (excludes halogenated alkanes) is 1. The zero-order chi connectivity index (χ0) is 10.5. The van der Waals surface area contributed by atoms with Crippen molar-refractivity contribution in [2.75, 3.05) is 0 Å². The molecule has 0 N–H and O–H groups in total. The maximum Gasteiger partial charge on any atom is 0.0710 e.